The molecule has 2 aromatic heterocycles. The Labute approximate surface area is 131 Å². The number of thiophene rings is 1. The van der Waals surface area contributed by atoms with Gasteiger partial charge in [0, 0.05) is 6.54 Å². The normalized spacial score (nSPS) is 10.4. The lowest BCUT2D eigenvalue weighted by atomic mass is 10.2. The number of amides is 2. The number of carbonyl (C=O) groups excluding carboxylic acids is 1. The van der Waals surface area contributed by atoms with Crippen LogP contribution in [0.5, 0.6) is 0 Å². The molecule has 2 N–H and O–H groups in total. The van der Waals surface area contributed by atoms with Crippen molar-refractivity contribution in [1.82, 2.24) is 20.8 Å². The Bertz CT molecular complexity index is 725. The number of urea groups is 1. The van der Waals surface area contributed by atoms with Crippen LogP contribution in [0.4, 0.5) is 4.79 Å². The van der Waals surface area contributed by atoms with Crippen LogP contribution in [-0.2, 0) is 13.1 Å². The van der Waals surface area contributed by atoms with Gasteiger partial charge in [0.25, 0.3) is 0 Å². The maximum atomic E-state index is 11.7. The highest BCUT2D eigenvalue weighted by molar-refractivity contribution is 7.13. The van der Waals surface area contributed by atoms with E-state index in [0.29, 0.717) is 18.3 Å². The fourth-order valence-electron chi connectivity index (χ4n) is 1.83. The number of nitrogens with one attached hydrogen (secondary N) is 2. The zero-order valence-corrected chi connectivity index (χ0v) is 12.5. The Morgan fingerprint density at radius 3 is 2.68 bits per heavy atom. The van der Waals surface area contributed by atoms with Gasteiger partial charge in [-0.1, -0.05) is 41.6 Å². The van der Waals surface area contributed by atoms with Gasteiger partial charge in [-0.3, -0.25) is 0 Å². The van der Waals surface area contributed by atoms with Crippen molar-refractivity contribution in [2.75, 3.05) is 0 Å². The van der Waals surface area contributed by atoms with Crippen LogP contribution in [0.3, 0.4) is 0 Å². The van der Waals surface area contributed by atoms with Gasteiger partial charge in [-0.2, -0.15) is 4.98 Å². The van der Waals surface area contributed by atoms with Gasteiger partial charge in [-0.05, 0) is 17.0 Å². The van der Waals surface area contributed by atoms with E-state index in [0.717, 1.165) is 10.4 Å². The summed E-state index contributed by atoms with van der Waals surface area (Å²) in [7, 11) is 0. The molecule has 0 radical (unpaired) electrons. The van der Waals surface area contributed by atoms with Crippen molar-refractivity contribution in [2.45, 2.75) is 13.1 Å². The first-order chi connectivity index (χ1) is 10.8. The van der Waals surface area contributed by atoms with E-state index in [1.165, 1.54) is 11.3 Å². The largest absolute Gasteiger partial charge is 0.337 e. The van der Waals surface area contributed by atoms with Crippen LogP contribution >= 0.6 is 11.3 Å². The Morgan fingerprint density at radius 1 is 1.09 bits per heavy atom. The van der Waals surface area contributed by atoms with Crippen LogP contribution in [0.1, 0.15) is 11.5 Å². The molecule has 0 aliphatic carbocycles. The van der Waals surface area contributed by atoms with Crippen molar-refractivity contribution in [1.29, 1.82) is 0 Å². The second kappa shape index (κ2) is 6.86. The topological polar surface area (TPSA) is 80.0 Å². The third kappa shape index (κ3) is 3.70. The number of benzene rings is 1. The van der Waals surface area contributed by atoms with Crippen molar-refractivity contribution in [3.63, 3.8) is 0 Å². The summed E-state index contributed by atoms with van der Waals surface area (Å²) in [5, 5.41) is 11.3. The first kappa shape index (κ1) is 14.3. The van der Waals surface area contributed by atoms with E-state index in [2.05, 4.69) is 20.8 Å². The first-order valence-corrected chi connectivity index (χ1v) is 7.61. The zero-order valence-electron chi connectivity index (χ0n) is 11.7. The average molecular weight is 314 g/mol. The SMILES string of the molecule is O=C(NCc1ccccc1)NCc1nc(-c2cccs2)no1. The maximum Gasteiger partial charge on any atom is 0.315 e. The smallest absolute Gasteiger partial charge is 0.315 e. The lowest BCUT2D eigenvalue weighted by molar-refractivity contribution is 0.238. The number of nitrogens with zero attached hydrogens (tertiary/aromatic N) is 2. The summed E-state index contributed by atoms with van der Waals surface area (Å²) >= 11 is 1.53. The van der Waals surface area contributed by atoms with E-state index in [-0.39, 0.29) is 12.6 Å². The molecule has 0 saturated carbocycles. The minimum absolute atomic E-state index is 0.193. The van der Waals surface area contributed by atoms with Crippen LogP contribution < -0.4 is 10.6 Å². The van der Waals surface area contributed by atoms with Gasteiger partial charge >= 0.3 is 6.03 Å². The van der Waals surface area contributed by atoms with E-state index < -0.39 is 0 Å². The Balaban J connectivity index is 1.47. The van der Waals surface area contributed by atoms with E-state index >= 15 is 0 Å². The highest BCUT2D eigenvalue weighted by Gasteiger charge is 2.10. The molecule has 3 aromatic rings. The van der Waals surface area contributed by atoms with Gasteiger partial charge in [0.1, 0.15) is 0 Å². The molecule has 0 bridgehead atoms. The van der Waals surface area contributed by atoms with Crippen LogP contribution in [0.15, 0.2) is 52.4 Å². The second-order valence-electron chi connectivity index (χ2n) is 4.51. The molecule has 1 aromatic carbocycles. The van der Waals surface area contributed by atoms with Crippen molar-refractivity contribution in [3.8, 4) is 10.7 Å². The summed E-state index contributed by atoms with van der Waals surface area (Å²) in [6.07, 6.45) is 0. The number of hydrogen-bond acceptors (Lipinski definition) is 5. The third-order valence-electron chi connectivity index (χ3n) is 2.91. The highest BCUT2D eigenvalue weighted by Crippen LogP contribution is 2.21. The van der Waals surface area contributed by atoms with Crippen LogP contribution in [0.2, 0.25) is 0 Å². The molecule has 0 aliphatic heterocycles. The monoisotopic (exact) mass is 314 g/mol. The van der Waals surface area contributed by atoms with Crippen molar-refractivity contribution >= 4 is 17.4 Å². The van der Waals surface area contributed by atoms with E-state index in [4.69, 9.17) is 4.52 Å². The molecule has 0 spiro atoms. The molecule has 0 unspecified atom stereocenters. The molecular formula is C15H14N4O2S. The van der Waals surface area contributed by atoms with Crippen molar-refractivity contribution in [3.05, 3.63) is 59.3 Å². The molecule has 112 valence electrons. The summed E-state index contributed by atoms with van der Waals surface area (Å²) < 4.78 is 5.10. The maximum absolute atomic E-state index is 11.7. The van der Waals surface area contributed by atoms with Crippen molar-refractivity contribution in [2.24, 2.45) is 0 Å². The molecule has 0 aliphatic rings. The van der Waals surface area contributed by atoms with Gasteiger partial charge in [0.15, 0.2) is 0 Å². The number of aromatic nitrogens is 2. The summed E-state index contributed by atoms with van der Waals surface area (Å²) in [5.74, 6) is 0.912. The molecule has 6 nitrogen and oxygen atoms in total. The van der Waals surface area contributed by atoms with E-state index in [1.807, 2.05) is 47.8 Å². The number of carbonyl (C=O) groups is 1. The summed E-state index contributed by atoms with van der Waals surface area (Å²) in [6, 6.07) is 13.3. The van der Waals surface area contributed by atoms with Crippen LogP contribution in [0, 0.1) is 0 Å². The van der Waals surface area contributed by atoms with Gasteiger partial charge in [-0.25, -0.2) is 4.79 Å². The summed E-state index contributed by atoms with van der Waals surface area (Å²) in [6.45, 7) is 0.663. The molecular weight excluding hydrogens is 300 g/mol. The predicted octanol–water partition coefficient (Wildman–Crippen LogP) is 2.80. The Hall–Kier alpha value is -2.67. The van der Waals surface area contributed by atoms with Gasteiger partial charge in [0.2, 0.25) is 11.7 Å². The lowest BCUT2D eigenvalue weighted by Crippen LogP contribution is -2.34. The molecule has 3 rings (SSSR count). The van der Waals surface area contributed by atoms with E-state index in [1.54, 1.807) is 0 Å². The van der Waals surface area contributed by atoms with Crippen LogP contribution in [-0.4, -0.2) is 16.2 Å². The molecule has 0 fully saturated rings. The fraction of sp³-hybridized carbons (Fsp3) is 0.133. The minimum atomic E-state index is -0.278. The molecule has 0 saturated heterocycles. The third-order valence-corrected chi connectivity index (χ3v) is 3.77. The predicted molar refractivity (Wildman–Crippen MR) is 83.1 cm³/mol. The Kier molecular flexibility index (Phi) is 4.45. The molecule has 22 heavy (non-hydrogen) atoms. The molecule has 7 heteroatoms. The summed E-state index contributed by atoms with van der Waals surface area (Å²) in [5.41, 5.74) is 1.04. The van der Waals surface area contributed by atoms with Gasteiger partial charge < -0.3 is 15.2 Å². The second-order valence-corrected chi connectivity index (χ2v) is 5.46. The van der Waals surface area contributed by atoms with Crippen molar-refractivity contribution < 1.29 is 9.32 Å². The average Bonchev–Trinajstić information content (AvgIpc) is 3.22. The molecule has 2 amide bonds. The van der Waals surface area contributed by atoms with E-state index in [9.17, 15) is 4.79 Å². The molecule has 0 atom stereocenters. The first-order valence-electron chi connectivity index (χ1n) is 6.73. The zero-order chi connectivity index (χ0) is 15.2. The number of rotatable bonds is 5. The lowest BCUT2D eigenvalue weighted by Gasteiger charge is -2.05. The standard InChI is InChI=1S/C15H14N4O2S/c20-15(16-9-11-5-2-1-3-6-11)17-10-13-18-14(19-21-13)12-7-4-8-22-12/h1-8H,9-10H2,(H2,16,17,20). The fourth-order valence-corrected chi connectivity index (χ4v) is 2.48. The highest BCUT2D eigenvalue weighted by atomic mass is 32.1. The quantitative estimate of drug-likeness (QED) is 0.759. The van der Waals surface area contributed by atoms with Crippen LogP contribution in [0.25, 0.3) is 10.7 Å². The number of hydrogen-bond donors (Lipinski definition) is 2. The summed E-state index contributed by atoms with van der Waals surface area (Å²) in [4.78, 5) is 16.9. The molecule has 2 heterocycles. The van der Waals surface area contributed by atoms with Gasteiger partial charge in [-0.15, -0.1) is 11.3 Å². The Morgan fingerprint density at radius 2 is 1.91 bits per heavy atom. The minimum Gasteiger partial charge on any atom is -0.337 e. The van der Waals surface area contributed by atoms with Gasteiger partial charge in [0.05, 0.1) is 11.4 Å².